The van der Waals surface area contributed by atoms with Crippen LogP contribution in [-0.2, 0) is 6.42 Å². The van der Waals surface area contributed by atoms with Crippen molar-refractivity contribution < 1.29 is 14.8 Å². The number of rotatable bonds is 6. The fraction of sp³-hybridized carbons (Fsp3) is 0.176. The molecule has 206 valence electrons. The van der Waals surface area contributed by atoms with Gasteiger partial charge < -0.3 is 10.2 Å². The van der Waals surface area contributed by atoms with Crippen molar-refractivity contribution in [1.29, 1.82) is 0 Å². The lowest BCUT2D eigenvalue weighted by Crippen LogP contribution is -2.58. The van der Waals surface area contributed by atoms with Crippen molar-refractivity contribution in [3.8, 4) is 0 Å². The Morgan fingerprint density at radius 2 is 1.39 bits per heavy atom. The SMILES string of the molecule is CC1(C)[C@H](N(O)C(=O)Nc2cccc3ccccc23)N(c2cccc3ccccc23)C(=O)N1CCc1ccccc1. The first kappa shape index (κ1) is 26.3. The molecule has 1 aliphatic rings. The van der Waals surface area contributed by atoms with Gasteiger partial charge in [-0.15, -0.1) is 0 Å². The predicted molar refractivity (Wildman–Crippen MR) is 163 cm³/mol. The molecule has 0 bridgehead atoms. The zero-order valence-electron chi connectivity index (χ0n) is 23.1. The minimum atomic E-state index is -1.01. The molecule has 1 atom stereocenters. The van der Waals surface area contributed by atoms with Gasteiger partial charge in [0.15, 0.2) is 6.17 Å². The van der Waals surface area contributed by atoms with Crippen molar-refractivity contribution in [1.82, 2.24) is 9.96 Å². The van der Waals surface area contributed by atoms with Crippen LogP contribution in [0.3, 0.4) is 0 Å². The molecule has 4 amide bonds. The summed E-state index contributed by atoms with van der Waals surface area (Å²) in [6.45, 7) is 4.20. The number of amides is 4. The molecule has 0 aliphatic carbocycles. The fourth-order valence-corrected chi connectivity index (χ4v) is 5.89. The van der Waals surface area contributed by atoms with E-state index in [1.54, 1.807) is 15.9 Å². The van der Waals surface area contributed by atoms with Crippen molar-refractivity contribution >= 4 is 45.0 Å². The minimum absolute atomic E-state index is 0.274. The number of benzene rings is 5. The Bertz CT molecular complexity index is 1730. The molecule has 5 aromatic rings. The molecular weight excluding hydrogens is 512 g/mol. The van der Waals surface area contributed by atoms with Gasteiger partial charge in [-0.25, -0.2) is 9.59 Å². The van der Waals surface area contributed by atoms with Crippen molar-refractivity contribution in [2.24, 2.45) is 0 Å². The van der Waals surface area contributed by atoms with Crippen LogP contribution < -0.4 is 10.2 Å². The van der Waals surface area contributed by atoms with Gasteiger partial charge in [0.05, 0.1) is 16.9 Å². The van der Waals surface area contributed by atoms with Crippen LogP contribution in [0, 0.1) is 0 Å². The van der Waals surface area contributed by atoms with E-state index in [0.29, 0.717) is 29.4 Å². The maximum absolute atomic E-state index is 14.2. The van der Waals surface area contributed by atoms with Gasteiger partial charge in [0.25, 0.3) is 0 Å². The van der Waals surface area contributed by atoms with Crippen molar-refractivity contribution in [2.75, 3.05) is 16.8 Å². The highest BCUT2D eigenvalue weighted by atomic mass is 16.5. The molecule has 41 heavy (non-hydrogen) atoms. The number of hydrogen-bond acceptors (Lipinski definition) is 3. The van der Waals surface area contributed by atoms with Gasteiger partial charge in [0.1, 0.15) is 0 Å². The molecule has 7 heteroatoms. The highest BCUT2D eigenvalue weighted by Crippen LogP contribution is 2.40. The predicted octanol–water partition coefficient (Wildman–Crippen LogP) is 7.51. The van der Waals surface area contributed by atoms with Crippen LogP contribution in [0.1, 0.15) is 19.4 Å². The van der Waals surface area contributed by atoms with E-state index >= 15 is 0 Å². The van der Waals surface area contributed by atoms with E-state index in [1.165, 1.54) is 0 Å². The van der Waals surface area contributed by atoms with E-state index in [9.17, 15) is 14.8 Å². The van der Waals surface area contributed by atoms with Crippen molar-refractivity contribution in [3.05, 3.63) is 121 Å². The normalized spacial score (nSPS) is 16.4. The van der Waals surface area contributed by atoms with E-state index < -0.39 is 17.7 Å². The lowest BCUT2D eigenvalue weighted by atomic mass is 9.98. The van der Waals surface area contributed by atoms with Crippen LogP contribution in [0.4, 0.5) is 21.0 Å². The van der Waals surface area contributed by atoms with Gasteiger partial charge in [0, 0.05) is 17.3 Å². The first-order valence-electron chi connectivity index (χ1n) is 13.8. The van der Waals surface area contributed by atoms with Gasteiger partial charge in [0.2, 0.25) is 0 Å². The second-order valence-corrected chi connectivity index (χ2v) is 10.9. The summed E-state index contributed by atoms with van der Waals surface area (Å²) in [5.41, 5.74) is 1.37. The molecule has 1 heterocycles. The van der Waals surface area contributed by atoms with Crippen LogP contribution >= 0.6 is 0 Å². The zero-order valence-corrected chi connectivity index (χ0v) is 23.1. The summed E-state index contributed by atoms with van der Waals surface area (Å²) in [7, 11) is 0. The third-order valence-corrected chi connectivity index (χ3v) is 7.97. The summed E-state index contributed by atoms with van der Waals surface area (Å²) in [4.78, 5) is 31.2. The summed E-state index contributed by atoms with van der Waals surface area (Å²) < 4.78 is 0. The Hall–Kier alpha value is -4.88. The van der Waals surface area contributed by atoms with Crippen LogP contribution in [0.2, 0.25) is 0 Å². The highest BCUT2D eigenvalue weighted by molar-refractivity contribution is 6.06. The van der Waals surface area contributed by atoms with E-state index in [1.807, 2.05) is 123 Å². The number of nitrogens with one attached hydrogen (secondary N) is 1. The van der Waals surface area contributed by atoms with Gasteiger partial charge >= 0.3 is 12.1 Å². The molecule has 0 aromatic heterocycles. The topological polar surface area (TPSA) is 76.1 Å². The van der Waals surface area contributed by atoms with Crippen LogP contribution in [0.5, 0.6) is 0 Å². The zero-order chi connectivity index (χ0) is 28.6. The lowest BCUT2D eigenvalue weighted by molar-refractivity contribution is -0.0947. The third kappa shape index (κ3) is 4.74. The number of hydrogen-bond donors (Lipinski definition) is 2. The van der Waals surface area contributed by atoms with Gasteiger partial charge in [-0.05, 0) is 48.7 Å². The van der Waals surface area contributed by atoms with E-state index in [4.69, 9.17) is 0 Å². The Kier molecular flexibility index (Phi) is 6.81. The molecule has 0 saturated carbocycles. The average molecular weight is 545 g/mol. The standard InChI is InChI=1S/C34H32N4O3/c1-34(2)31(38(41)32(39)35-29-20-10-16-25-14-6-8-18-27(25)29)37(30-21-11-17-26-15-7-9-19-28(26)30)33(40)36(34)23-22-24-12-4-3-5-13-24/h3-21,31,41H,22-23H2,1-2H3,(H,35,39)/t31-/m0/s1. The highest BCUT2D eigenvalue weighted by Gasteiger charge is 2.56. The first-order chi connectivity index (χ1) is 19.9. The Morgan fingerprint density at radius 3 is 2.12 bits per heavy atom. The summed E-state index contributed by atoms with van der Waals surface area (Å²) >= 11 is 0. The van der Waals surface area contributed by atoms with Crippen LogP contribution in [-0.4, -0.2) is 45.5 Å². The molecule has 0 radical (unpaired) electrons. The maximum atomic E-state index is 14.2. The molecular formula is C34H32N4O3. The smallest absolute Gasteiger partial charge is 0.315 e. The lowest BCUT2D eigenvalue weighted by Gasteiger charge is -2.38. The van der Waals surface area contributed by atoms with Gasteiger partial charge in [-0.2, -0.15) is 5.06 Å². The number of urea groups is 2. The Balaban J connectivity index is 1.39. The molecule has 1 saturated heterocycles. The summed E-state index contributed by atoms with van der Waals surface area (Å²) in [6.07, 6.45) is -0.369. The van der Waals surface area contributed by atoms with Gasteiger partial charge in [-0.3, -0.25) is 10.1 Å². The quantitative estimate of drug-likeness (QED) is 0.172. The first-order valence-corrected chi connectivity index (χ1v) is 13.8. The van der Waals surface area contributed by atoms with Crippen LogP contribution in [0.25, 0.3) is 21.5 Å². The minimum Gasteiger partial charge on any atom is -0.315 e. The summed E-state index contributed by atoms with van der Waals surface area (Å²) in [6, 6.07) is 35.9. The second-order valence-electron chi connectivity index (χ2n) is 10.9. The number of nitrogens with zero attached hydrogens (tertiary/aromatic N) is 3. The van der Waals surface area contributed by atoms with Crippen molar-refractivity contribution in [2.45, 2.75) is 32.0 Å². The van der Waals surface area contributed by atoms with Crippen molar-refractivity contribution in [3.63, 3.8) is 0 Å². The molecule has 2 N–H and O–H groups in total. The molecule has 0 unspecified atom stereocenters. The largest absolute Gasteiger partial charge is 0.347 e. The monoisotopic (exact) mass is 544 g/mol. The summed E-state index contributed by atoms with van der Waals surface area (Å²) in [5, 5.41) is 18.8. The second kappa shape index (κ2) is 10.6. The van der Waals surface area contributed by atoms with E-state index in [-0.39, 0.29) is 6.03 Å². The molecule has 7 nitrogen and oxygen atoms in total. The molecule has 0 spiro atoms. The molecule has 5 aromatic carbocycles. The molecule has 1 aliphatic heterocycles. The Morgan fingerprint density at radius 1 is 0.805 bits per heavy atom. The number of anilines is 2. The third-order valence-electron chi connectivity index (χ3n) is 7.97. The van der Waals surface area contributed by atoms with Gasteiger partial charge in [-0.1, -0.05) is 103 Å². The Labute approximate surface area is 239 Å². The number of hydroxylamine groups is 2. The molecule has 6 rings (SSSR count). The van der Waals surface area contributed by atoms with E-state index in [0.717, 1.165) is 27.1 Å². The number of fused-ring (bicyclic) bond motifs is 2. The molecule has 1 fully saturated rings. The fourth-order valence-electron chi connectivity index (χ4n) is 5.89. The average Bonchev–Trinajstić information content (AvgIpc) is 3.19. The maximum Gasteiger partial charge on any atom is 0.347 e. The van der Waals surface area contributed by atoms with E-state index in [2.05, 4.69) is 5.32 Å². The number of carbonyl (C=O) groups excluding carboxylic acids is 2. The van der Waals surface area contributed by atoms with Crippen LogP contribution in [0.15, 0.2) is 115 Å². The number of carbonyl (C=O) groups is 2. The summed E-state index contributed by atoms with van der Waals surface area (Å²) in [5.74, 6) is 0.